The van der Waals surface area contributed by atoms with Crippen LogP contribution in [0.1, 0.15) is 43.2 Å². The summed E-state index contributed by atoms with van der Waals surface area (Å²) in [5.41, 5.74) is 3.13. The molecule has 0 saturated heterocycles. The number of aliphatic carboxylic acids is 2. The maximum absolute atomic E-state index is 13.3. The van der Waals surface area contributed by atoms with Gasteiger partial charge in [0.15, 0.2) is 12.2 Å². The Hall–Kier alpha value is -3.66. The van der Waals surface area contributed by atoms with Gasteiger partial charge in [0.2, 0.25) is 0 Å². The highest BCUT2D eigenvalue weighted by molar-refractivity contribution is 6.31. The van der Waals surface area contributed by atoms with Crippen molar-refractivity contribution in [1.29, 1.82) is 0 Å². The van der Waals surface area contributed by atoms with Gasteiger partial charge in [0.25, 0.3) is 5.91 Å². The first-order valence-corrected chi connectivity index (χ1v) is 14.9. The standard InChI is InChI=1S/C33H41ClN2O7/c1-23-13-16-27(21-28(23)34)35-17-7-9-19-42-30(31(33(40)41)43-22-29(37)38)32(39)36(2)18-8-3-4-10-24-14-15-25-11-5-6-12-26(25)20-24/h5-6,11-16,20-21,30-31,35H,3-4,7-10,17-19,22H2,1-2H3,(H,37,38)(H,40,41). The first-order valence-electron chi connectivity index (χ1n) is 14.6. The van der Waals surface area contributed by atoms with Crippen molar-refractivity contribution >= 4 is 45.9 Å². The summed E-state index contributed by atoms with van der Waals surface area (Å²) in [5, 5.41) is 25.1. The van der Waals surface area contributed by atoms with E-state index in [4.69, 9.17) is 26.2 Å². The van der Waals surface area contributed by atoms with E-state index in [2.05, 4.69) is 35.6 Å². The zero-order valence-corrected chi connectivity index (χ0v) is 25.5. The van der Waals surface area contributed by atoms with Crippen molar-refractivity contribution in [3.8, 4) is 0 Å². The molecule has 1 amide bonds. The quantitative estimate of drug-likeness (QED) is 0.145. The number of hydrogen-bond donors (Lipinski definition) is 3. The Morgan fingerprint density at radius 3 is 2.37 bits per heavy atom. The van der Waals surface area contributed by atoms with E-state index in [-0.39, 0.29) is 6.61 Å². The second-order valence-electron chi connectivity index (χ2n) is 10.6. The van der Waals surface area contributed by atoms with Gasteiger partial charge in [-0.25, -0.2) is 9.59 Å². The number of likely N-dealkylation sites (N-methyl/N-ethyl adjacent to an activating group) is 1. The van der Waals surface area contributed by atoms with Crippen molar-refractivity contribution in [2.24, 2.45) is 0 Å². The van der Waals surface area contributed by atoms with E-state index in [1.165, 1.54) is 21.2 Å². The molecule has 2 atom stereocenters. The summed E-state index contributed by atoms with van der Waals surface area (Å²) in [5.74, 6) is -3.35. The molecular formula is C33H41ClN2O7. The summed E-state index contributed by atoms with van der Waals surface area (Å²) in [6.45, 7) is 2.21. The maximum atomic E-state index is 13.3. The number of carbonyl (C=O) groups excluding carboxylic acids is 1. The van der Waals surface area contributed by atoms with E-state index in [0.29, 0.717) is 31.0 Å². The Balaban J connectivity index is 1.48. The van der Waals surface area contributed by atoms with Crippen LogP contribution in [-0.2, 0) is 30.3 Å². The lowest BCUT2D eigenvalue weighted by atomic mass is 10.0. The minimum absolute atomic E-state index is 0.104. The third-order valence-corrected chi connectivity index (χ3v) is 7.57. The number of ether oxygens (including phenoxy) is 2. The van der Waals surface area contributed by atoms with Gasteiger partial charge in [-0.15, -0.1) is 0 Å². The monoisotopic (exact) mass is 612 g/mol. The highest BCUT2D eigenvalue weighted by Crippen LogP contribution is 2.20. The molecule has 3 N–H and O–H groups in total. The number of carboxylic acids is 2. The molecule has 9 nitrogen and oxygen atoms in total. The van der Waals surface area contributed by atoms with E-state index >= 15 is 0 Å². The number of nitrogens with zero attached hydrogens (tertiary/aromatic N) is 1. The van der Waals surface area contributed by atoms with E-state index in [1.807, 2.05) is 37.3 Å². The molecule has 3 aromatic rings. The van der Waals surface area contributed by atoms with Gasteiger partial charge in [0.1, 0.15) is 6.61 Å². The summed E-state index contributed by atoms with van der Waals surface area (Å²) >= 11 is 6.16. The third kappa shape index (κ3) is 11.2. The van der Waals surface area contributed by atoms with E-state index in [0.717, 1.165) is 36.9 Å². The summed E-state index contributed by atoms with van der Waals surface area (Å²) in [6, 6.07) is 20.4. The minimum atomic E-state index is -1.74. The topological polar surface area (TPSA) is 125 Å². The van der Waals surface area contributed by atoms with Crippen molar-refractivity contribution in [1.82, 2.24) is 4.90 Å². The lowest BCUT2D eigenvalue weighted by Gasteiger charge is -2.27. The molecule has 0 aromatic heterocycles. The molecule has 0 radical (unpaired) electrons. The molecule has 232 valence electrons. The fraction of sp³-hybridized carbons (Fsp3) is 0.424. The molecule has 0 bridgehead atoms. The largest absolute Gasteiger partial charge is 0.480 e. The van der Waals surface area contributed by atoms with Gasteiger partial charge >= 0.3 is 11.9 Å². The average Bonchev–Trinajstić information content (AvgIpc) is 2.98. The molecule has 3 rings (SSSR count). The first kappa shape index (κ1) is 33.8. The third-order valence-electron chi connectivity index (χ3n) is 7.17. The number of rotatable bonds is 19. The number of amides is 1. The SMILES string of the molecule is Cc1ccc(NCCCCOC(C(=O)N(C)CCCCCc2ccc3ccccc3c2)C(OCC(=O)O)C(=O)O)cc1Cl. The molecule has 10 heteroatoms. The number of aryl methyl sites for hydroxylation is 2. The van der Waals surface area contributed by atoms with Crippen LogP contribution < -0.4 is 5.32 Å². The van der Waals surface area contributed by atoms with E-state index < -0.39 is 36.7 Å². The minimum Gasteiger partial charge on any atom is -0.480 e. The zero-order chi connectivity index (χ0) is 31.2. The fourth-order valence-electron chi connectivity index (χ4n) is 4.69. The highest BCUT2D eigenvalue weighted by atomic mass is 35.5. The van der Waals surface area contributed by atoms with Gasteiger partial charge < -0.3 is 29.9 Å². The Bertz CT molecular complexity index is 1370. The summed E-state index contributed by atoms with van der Waals surface area (Å²) < 4.78 is 10.8. The van der Waals surface area contributed by atoms with Crippen LogP contribution in [-0.4, -0.2) is 78.5 Å². The number of hydrogen-bond acceptors (Lipinski definition) is 6. The first-order chi connectivity index (χ1) is 20.7. The molecule has 3 aromatic carbocycles. The van der Waals surface area contributed by atoms with Crippen molar-refractivity contribution < 1.29 is 34.1 Å². The Morgan fingerprint density at radius 2 is 1.65 bits per heavy atom. The van der Waals surface area contributed by atoms with Crippen molar-refractivity contribution in [3.05, 3.63) is 76.8 Å². The highest BCUT2D eigenvalue weighted by Gasteiger charge is 2.37. The number of halogens is 1. The number of carbonyl (C=O) groups is 3. The average molecular weight is 613 g/mol. The van der Waals surface area contributed by atoms with E-state index in [1.54, 1.807) is 7.05 Å². The fourth-order valence-corrected chi connectivity index (χ4v) is 4.87. The van der Waals surface area contributed by atoms with Gasteiger partial charge in [-0.1, -0.05) is 66.6 Å². The summed E-state index contributed by atoms with van der Waals surface area (Å²) in [7, 11) is 1.59. The molecular weight excluding hydrogens is 572 g/mol. The van der Waals surface area contributed by atoms with Crippen molar-refractivity contribution in [2.45, 2.75) is 57.7 Å². The Kier molecular flexibility index (Phi) is 13.7. The Labute approximate surface area is 257 Å². The van der Waals surface area contributed by atoms with Gasteiger partial charge in [-0.3, -0.25) is 4.79 Å². The van der Waals surface area contributed by atoms with Crippen molar-refractivity contribution in [2.75, 3.05) is 38.7 Å². The number of anilines is 1. The maximum Gasteiger partial charge on any atom is 0.336 e. The van der Waals surface area contributed by atoms with Crippen LogP contribution in [0.25, 0.3) is 10.8 Å². The predicted molar refractivity (Wildman–Crippen MR) is 168 cm³/mol. The van der Waals surface area contributed by atoms with Crippen LogP contribution in [0.15, 0.2) is 60.7 Å². The number of carboxylic acid groups (broad SMARTS) is 2. The molecule has 0 aliphatic heterocycles. The molecule has 0 saturated carbocycles. The molecule has 0 spiro atoms. The second kappa shape index (κ2) is 17.5. The van der Waals surface area contributed by atoms with Gasteiger partial charge in [-0.2, -0.15) is 0 Å². The normalized spacial score (nSPS) is 12.5. The molecule has 0 heterocycles. The van der Waals surface area contributed by atoms with E-state index in [9.17, 15) is 19.5 Å². The second-order valence-corrected chi connectivity index (χ2v) is 11.0. The van der Waals surface area contributed by atoms with Gasteiger partial charge in [0.05, 0.1) is 0 Å². The van der Waals surface area contributed by atoms with Crippen LogP contribution in [0.3, 0.4) is 0 Å². The van der Waals surface area contributed by atoms with Gasteiger partial charge in [0, 0.05) is 37.5 Å². The predicted octanol–water partition coefficient (Wildman–Crippen LogP) is 5.80. The molecule has 0 aliphatic rings. The molecule has 0 aliphatic carbocycles. The zero-order valence-electron chi connectivity index (χ0n) is 24.8. The number of benzene rings is 3. The smallest absolute Gasteiger partial charge is 0.336 e. The lowest BCUT2D eigenvalue weighted by molar-refractivity contribution is -0.175. The number of fused-ring (bicyclic) bond motifs is 1. The molecule has 43 heavy (non-hydrogen) atoms. The van der Waals surface area contributed by atoms with Crippen molar-refractivity contribution in [3.63, 3.8) is 0 Å². The van der Waals surface area contributed by atoms with Crippen LogP contribution in [0, 0.1) is 6.92 Å². The summed E-state index contributed by atoms with van der Waals surface area (Å²) in [6.07, 6.45) is 1.49. The van der Waals surface area contributed by atoms with Crippen LogP contribution in [0.2, 0.25) is 5.02 Å². The Morgan fingerprint density at radius 1 is 0.884 bits per heavy atom. The molecule has 2 unspecified atom stereocenters. The van der Waals surface area contributed by atoms with Crippen LogP contribution in [0.5, 0.6) is 0 Å². The molecule has 0 fully saturated rings. The van der Waals surface area contributed by atoms with Crippen LogP contribution >= 0.6 is 11.6 Å². The van der Waals surface area contributed by atoms with Gasteiger partial charge in [-0.05, 0) is 73.1 Å². The summed E-state index contributed by atoms with van der Waals surface area (Å²) in [4.78, 5) is 37.7. The lowest BCUT2D eigenvalue weighted by Crippen LogP contribution is -2.50. The van der Waals surface area contributed by atoms with Crippen LogP contribution in [0.4, 0.5) is 5.69 Å². The number of unbranched alkanes of at least 4 members (excludes halogenated alkanes) is 3. The number of nitrogens with one attached hydrogen (secondary N) is 1.